The Hall–Kier alpha value is -1.11. The van der Waals surface area contributed by atoms with Gasteiger partial charge in [0.15, 0.2) is 0 Å². The van der Waals surface area contributed by atoms with Gasteiger partial charge in [-0.05, 0) is 12.5 Å². The van der Waals surface area contributed by atoms with Gasteiger partial charge < -0.3 is 0 Å². The van der Waals surface area contributed by atoms with Crippen molar-refractivity contribution in [1.82, 2.24) is 0 Å². The first-order valence-corrected chi connectivity index (χ1v) is 3.30. The zero-order valence-corrected chi connectivity index (χ0v) is 6.04. The summed E-state index contributed by atoms with van der Waals surface area (Å²) >= 11 is 0. The molecule has 1 aromatic rings. The zero-order valence-electron chi connectivity index (χ0n) is 6.04. The topological polar surface area (TPSA) is 12.4 Å². The van der Waals surface area contributed by atoms with Gasteiger partial charge in [-0.3, -0.25) is 4.99 Å². The van der Waals surface area contributed by atoms with Crippen molar-refractivity contribution in [2.45, 2.75) is 13.5 Å². The molecule has 10 heavy (non-hydrogen) atoms. The Balaban J connectivity index is 2.59. The standard InChI is InChI=1S/C9H10N/c1-2-10-8-9-6-4-3-5-7-9/h3-7H,8H2,1H3. The van der Waals surface area contributed by atoms with Crippen LogP contribution in [0.1, 0.15) is 12.5 Å². The molecule has 1 aromatic carbocycles. The average molecular weight is 132 g/mol. The molecule has 0 aliphatic rings. The molecule has 0 aliphatic heterocycles. The Morgan fingerprint density at radius 2 is 2.00 bits per heavy atom. The molecule has 0 saturated heterocycles. The van der Waals surface area contributed by atoms with Crippen LogP contribution in [-0.4, -0.2) is 6.21 Å². The minimum absolute atomic E-state index is 0.747. The first kappa shape index (κ1) is 7.00. The van der Waals surface area contributed by atoms with Gasteiger partial charge in [0.05, 0.1) is 12.8 Å². The largest absolute Gasteiger partial charge is 0.283 e. The van der Waals surface area contributed by atoms with Crippen LogP contribution in [0.25, 0.3) is 0 Å². The first-order valence-electron chi connectivity index (χ1n) is 3.30. The molecule has 0 fully saturated rings. The lowest BCUT2D eigenvalue weighted by Crippen LogP contribution is -1.78. The van der Waals surface area contributed by atoms with Crippen LogP contribution in [0.5, 0.6) is 0 Å². The van der Waals surface area contributed by atoms with Crippen LogP contribution in [0.15, 0.2) is 35.3 Å². The van der Waals surface area contributed by atoms with Gasteiger partial charge in [0, 0.05) is 0 Å². The van der Waals surface area contributed by atoms with E-state index in [0.29, 0.717) is 0 Å². The van der Waals surface area contributed by atoms with E-state index < -0.39 is 0 Å². The highest BCUT2D eigenvalue weighted by Crippen LogP contribution is 1.98. The number of hydrogen-bond acceptors (Lipinski definition) is 1. The molecule has 0 aromatic heterocycles. The Bertz CT molecular complexity index is 201. The van der Waals surface area contributed by atoms with E-state index in [1.165, 1.54) is 5.56 Å². The van der Waals surface area contributed by atoms with Gasteiger partial charge in [-0.1, -0.05) is 30.3 Å². The third-order valence-electron chi connectivity index (χ3n) is 1.26. The molecule has 0 amide bonds. The molecule has 0 atom stereocenters. The van der Waals surface area contributed by atoms with Gasteiger partial charge in [-0.2, -0.15) is 0 Å². The monoisotopic (exact) mass is 132 g/mol. The van der Waals surface area contributed by atoms with E-state index >= 15 is 0 Å². The van der Waals surface area contributed by atoms with Gasteiger partial charge >= 0.3 is 0 Å². The summed E-state index contributed by atoms with van der Waals surface area (Å²) in [6.45, 7) is 2.56. The van der Waals surface area contributed by atoms with Crippen molar-refractivity contribution >= 4 is 6.21 Å². The number of nitrogens with zero attached hydrogens (tertiary/aromatic N) is 1. The average Bonchev–Trinajstić information content (AvgIpc) is 2.03. The molecule has 0 bridgehead atoms. The maximum atomic E-state index is 3.99. The van der Waals surface area contributed by atoms with Crippen molar-refractivity contribution in [3.63, 3.8) is 0 Å². The molecule has 0 unspecified atom stereocenters. The molecule has 1 rings (SSSR count). The van der Waals surface area contributed by atoms with Gasteiger partial charge in [-0.25, -0.2) is 0 Å². The van der Waals surface area contributed by atoms with Crippen molar-refractivity contribution in [1.29, 1.82) is 0 Å². The fourth-order valence-electron chi connectivity index (χ4n) is 0.754. The van der Waals surface area contributed by atoms with E-state index in [1.807, 2.05) is 25.1 Å². The predicted molar refractivity (Wildman–Crippen MR) is 43.3 cm³/mol. The van der Waals surface area contributed by atoms with Gasteiger partial charge in [0.25, 0.3) is 0 Å². The smallest absolute Gasteiger partial charge is 0.0643 e. The fraction of sp³-hybridized carbons (Fsp3) is 0.222. The Labute approximate surface area is 61.4 Å². The summed E-state index contributed by atoms with van der Waals surface area (Å²) in [6.07, 6.45) is 2.74. The summed E-state index contributed by atoms with van der Waals surface area (Å²) in [5, 5.41) is 0. The zero-order chi connectivity index (χ0) is 7.23. The third-order valence-corrected chi connectivity index (χ3v) is 1.26. The van der Waals surface area contributed by atoms with Crippen molar-refractivity contribution < 1.29 is 0 Å². The molecule has 0 aliphatic carbocycles. The minimum Gasteiger partial charge on any atom is -0.283 e. The van der Waals surface area contributed by atoms with Gasteiger partial charge in [0.2, 0.25) is 0 Å². The molecule has 1 heteroatoms. The van der Waals surface area contributed by atoms with E-state index in [9.17, 15) is 0 Å². The van der Waals surface area contributed by atoms with Crippen LogP contribution in [0.3, 0.4) is 0 Å². The second-order valence-electron chi connectivity index (χ2n) is 2.03. The number of aliphatic imine (C=N–C) groups is 1. The number of hydrogen-bond donors (Lipinski definition) is 0. The molecule has 1 radical (unpaired) electrons. The molecular weight excluding hydrogens is 122 g/mol. The van der Waals surface area contributed by atoms with Crippen LogP contribution < -0.4 is 0 Å². The normalized spacial score (nSPS) is 10.5. The van der Waals surface area contributed by atoms with Crippen molar-refractivity contribution in [2.24, 2.45) is 4.99 Å². The molecule has 1 nitrogen and oxygen atoms in total. The fourth-order valence-corrected chi connectivity index (χ4v) is 0.754. The maximum absolute atomic E-state index is 3.99. The van der Waals surface area contributed by atoms with Gasteiger partial charge in [-0.15, -0.1) is 0 Å². The van der Waals surface area contributed by atoms with E-state index in [2.05, 4.69) is 23.3 Å². The summed E-state index contributed by atoms with van der Waals surface area (Å²) in [5.74, 6) is 0. The van der Waals surface area contributed by atoms with Crippen LogP contribution in [-0.2, 0) is 6.54 Å². The quantitative estimate of drug-likeness (QED) is 0.547. The maximum Gasteiger partial charge on any atom is 0.0643 e. The number of rotatable bonds is 2. The summed E-state index contributed by atoms with van der Waals surface area (Å²) < 4.78 is 0. The third kappa shape index (κ3) is 2.02. The van der Waals surface area contributed by atoms with E-state index in [4.69, 9.17) is 0 Å². The highest BCUT2D eigenvalue weighted by atomic mass is 14.7. The van der Waals surface area contributed by atoms with Crippen LogP contribution >= 0.6 is 0 Å². The molecule has 51 valence electrons. The second-order valence-corrected chi connectivity index (χ2v) is 2.03. The van der Waals surface area contributed by atoms with Crippen molar-refractivity contribution in [3.8, 4) is 0 Å². The highest BCUT2D eigenvalue weighted by Gasteiger charge is 1.83. The molecule has 0 N–H and O–H groups in total. The highest BCUT2D eigenvalue weighted by molar-refractivity contribution is 5.53. The first-order chi connectivity index (χ1) is 4.93. The van der Waals surface area contributed by atoms with Crippen LogP contribution in [0, 0.1) is 0 Å². The SMILES string of the molecule is C/[C]=N/Cc1ccccc1. The van der Waals surface area contributed by atoms with Crippen molar-refractivity contribution in [3.05, 3.63) is 35.9 Å². The lowest BCUT2D eigenvalue weighted by Gasteiger charge is -1.91. The van der Waals surface area contributed by atoms with Gasteiger partial charge in [0.1, 0.15) is 0 Å². The van der Waals surface area contributed by atoms with E-state index in [-0.39, 0.29) is 0 Å². The summed E-state index contributed by atoms with van der Waals surface area (Å²) in [4.78, 5) is 3.99. The lowest BCUT2D eigenvalue weighted by atomic mass is 10.2. The lowest BCUT2D eigenvalue weighted by molar-refractivity contribution is 1.08. The Morgan fingerprint density at radius 3 is 2.60 bits per heavy atom. The molecule has 0 heterocycles. The van der Waals surface area contributed by atoms with E-state index in [1.54, 1.807) is 0 Å². The number of benzene rings is 1. The summed E-state index contributed by atoms with van der Waals surface area (Å²) in [7, 11) is 0. The molecule has 0 saturated carbocycles. The Morgan fingerprint density at radius 1 is 1.30 bits per heavy atom. The second kappa shape index (κ2) is 3.83. The Kier molecular flexibility index (Phi) is 2.68. The molecular formula is C9H10N. The van der Waals surface area contributed by atoms with Crippen LogP contribution in [0.4, 0.5) is 0 Å². The van der Waals surface area contributed by atoms with Crippen LogP contribution in [0.2, 0.25) is 0 Å². The summed E-state index contributed by atoms with van der Waals surface area (Å²) in [6, 6.07) is 10.1. The van der Waals surface area contributed by atoms with E-state index in [0.717, 1.165) is 6.54 Å². The summed E-state index contributed by atoms with van der Waals surface area (Å²) in [5.41, 5.74) is 1.23. The minimum atomic E-state index is 0.747. The molecule has 0 spiro atoms. The predicted octanol–water partition coefficient (Wildman–Crippen LogP) is 2.15. The van der Waals surface area contributed by atoms with Crippen molar-refractivity contribution in [2.75, 3.05) is 0 Å².